The van der Waals surface area contributed by atoms with Gasteiger partial charge in [-0.15, -0.1) is 0 Å². The zero-order chi connectivity index (χ0) is 22.1. The van der Waals surface area contributed by atoms with E-state index >= 15 is 0 Å². The third-order valence-corrected chi connectivity index (χ3v) is 5.06. The van der Waals surface area contributed by atoms with Gasteiger partial charge in [-0.2, -0.15) is 5.10 Å². The summed E-state index contributed by atoms with van der Waals surface area (Å²) in [7, 11) is 0. The molecule has 0 radical (unpaired) electrons. The average Bonchev–Trinajstić information content (AvgIpc) is 3.46. The highest BCUT2D eigenvalue weighted by Gasteiger charge is 2.15. The van der Waals surface area contributed by atoms with Crippen LogP contribution in [-0.4, -0.2) is 23.2 Å². The van der Waals surface area contributed by atoms with Crippen LogP contribution in [0, 0.1) is 0 Å². The molecule has 2 aromatic heterocycles. The Kier molecular flexibility index (Phi) is 4.76. The summed E-state index contributed by atoms with van der Waals surface area (Å²) >= 11 is 0. The van der Waals surface area contributed by atoms with Crippen molar-refractivity contribution >= 4 is 39.8 Å². The van der Waals surface area contributed by atoms with E-state index < -0.39 is 11.9 Å². The van der Waals surface area contributed by atoms with Crippen molar-refractivity contribution in [2.75, 3.05) is 0 Å². The molecule has 0 saturated carbocycles. The van der Waals surface area contributed by atoms with E-state index in [2.05, 4.69) is 10.5 Å². The molecule has 1 amide bonds. The number of fused-ring (bicyclic) bond motifs is 3. The predicted molar refractivity (Wildman–Crippen MR) is 120 cm³/mol. The van der Waals surface area contributed by atoms with Gasteiger partial charge in [0.2, 0.25) is 0 Å². The minimum atomic E-state index is -1.04. The van der Waals surface area contributed by atoms with Crippen molar-refractivity contribution < 1.29 is 23.5 Å². The van der Waals surface area contributed by atoms with E-state index in [1.54, 1.807) is 36.4 Å². The Bertz CT molecular complexity index is 1510. The fourth-order valence-electron chi connectivity index (χ4n) is 3.57. The molecule has 0 spiro atoms. The second-order valence-electron chi connectivity index (χ2n) is 7.06. The number of aromatic carboxylic acids is 1. The zero-order valence-electron chi connectivity index (χ0n) is 16.6. The third-order valence-electron chi connectivity index (χ3n) is 5.06. The third kappa shape index (κ3) is 3.52. The van der Waals surface area contributed by atoms with Gasteiger partial charge in [0, 0.05) is 10.9 Å². The lowest BCUT2D eigenvalue weighted by Gasteiger charge is -2.01. The molecule has 7 heteroatoms. The zero-order valence-corrected chi connectivity index (χ0v) is 16.6. The first-order valence-corrected chi connectivity index (χ1v) is 9.77. The van der Waals surface area contributed by atoms with Crippen molar-refractivity contribution in [1.29, 1.82) is 0 Å². The molecule has 2 N–H and O–H groups in total. The number of benzene rings is 3. The number of amides is 1. The Balaban J connectivity index is 1.33. The van der Waals surface area contributed by atoms with Crippen LogP contribution in [0.3, 0.4) is 0 Å². The summed E-state index contributed by atoms with van der Waals surface area (Å²) in [6.45, 7) is 0. The number of nitrogens with one attached hydrogen (secondary N) is 1. The molecule has 3 aromatic carbocycles. The molecule has 5 aromatic rings. The van der Waals surface area contributed by atoms with Crippen LogP contribution < -0.4 is 5.43 Å². The Labute approximate surface area is 181 Å². The summed E-state index contributed by atoms with van der Waals surface area (Å²) in [6.07, 6.45) is 1.34. The van der Waals surface area contributed by atoms with Crippen LogP contribution in [0.15, 0.2) is 92.8 Å². The number of nitrogens with zero attached hydrogens (tertiary/aromatic N) is 1. The number of carbonyl (C=O) groups is 2. The van der Waals surface area contributed by atoms with E-state index in [4.69, 9.17) is 8.83 Å². The topological polar surface area (TPSA) is 105 Å². The van der Waals surface area contributed by atoms with Gasteiger partial charge in [-0.25, -0.2) is 10.2 Å². The molecular formula is C25H16N2O5. The van der Waals surface area contributed by atoms with Crippen LogP contribution in [0.5, 0.6) is 0 Å². The van der Waals surface area contributed by atoms with Gasteiger partial charge in [-0.1, -0.05) is 48.5 Å². The summed E-state index contributed by atoms with van der Waals surface area (Å²) in [6, 6.07) is 23.2. The van der Waals surface area contributed by atoms with Crippen molar-refractivity contribution in [2.45, 2.75) is 0 Å². The van der Waals surface area contributed by atoms with Gasteiger partial charge in [-0.05, 0) is 41.1 Å². The van der Waals surface area contributed by atoms with Crippen molar-refractivity contribution in [2.24, 2.45) is 5.10 Å². The molecule has 0 atom stereocenters. The fourth-order valence-corrected chi connectivity index (χ4v) is 3.57. The monoisotopic (exact) mass is 424 g/mol. The van der Waals surface area contributed by atoms with E-state index in [1.165, 1.54) is 12.3 Å². The van der Waals surface area contributed by atoms with E-state index in [9.17, 15) is 14.7 Å². The number of hydrogen-bond acceptors (Lipinski definition) is 5. The predicted octanol–water partition coefficient (Wildman–Crippen LogP) is 5.31. The van der Waals surface area contributed by atoms with E-state index in [1.807, 2.05) is 36.4 Å². The second kappa shape index (κ2) is 7.88. The molecule has 0 aliphatic carbocycles. The fraction of sp³-hybridized carbons (Fsp3) is 0. The van der Waals surface area contributed by atoms with Crippen LogP contribution in [0.4, 0.5) is 0 Å². The summed E-state index contributed by atoms with van der Waals surface area (Å²) in [5.74, 6) is -0.650. The Hall–Kier alpha value is -4.65. The van der Waals surface area contributed by atoms with Crippen molar-refractivity contribution in [3.63, 3.8) is 0 Å². The van der Waals surface area contributed by atoms with Gasteiger partial charge in [-0.3, -0.25) is 4.79 Å². The first kappa shape index (κ1) is 19.3. The quantitative estimate of drug-likeness (QED) is 0.294. The lowest BCUT2D eigenvalue weighted by atomic mass is 10.1. The molecule has 0 fully saturated rings. The van der Waals surface area contributed by atoms with E-state index in [0.29, 0.717) is 22.7 Å². The largest absolute Gasteiger partial charge is 0.478 e. The Morgan fingerprint density at radius 3 is 2.56 bits per heavy atom. The van der Waals surface area contributed by atoms with Gasteiger partial charge < -0.3 is 13.9 Å². The maximum Gasteiger partial charge on any atom is 0.336 e. The highest BCUT2D eigenvalue weighted by atomic mass is 16.4. The van der Waals surface area contributed by atoms with E-state index in [0.717, 1.165) is 16.2 Å². The lowest BCUT2D eigenvalue weighted by Crippen LogP contribution is -2.16. The molecule has 156 valence electrons. The van der Waals surface area contributed by atoms with Crippen LogP contribution in [0.1, 0.15) is 26.7 Å². The van der Waals surface area contributed by atoms with Gasteiger partial charge in [0.1, 0.15) is 17.1 Å². The van der Waals surface area contributed by atoms with Crippen molar-refractivity contribution in [1.82, 2.24) is 5.43 Å². The molecule has 32 heavy (non-hydrogen) atoms. The second-order valence-corrected chi connectivity index (χ2v) is 7.06. The smallest absolute Gasteiger partial charge is 0.336 e. The maximum atomic E-state index is 12.5. The summed E-state index contributed by atoms with van der Waals surface area (Å²) in [5, 5.41) is 16.2. The van der Waals surface area contributed by atoms with Gasteiger partial charge in [0.15, 0.2) is 5.76 Å². The molecule has 2 heterocycles. The number of hydrogen-bond donors (Lipinski definition) is 2. The number of furan rings is 2. The molecule has 0 aliphatic heterocycles. The van der Waals surface area contributed by atoms with Crippen molar-refractivity contribution in [3.8, 4) is 11.3 Å². The maximum absolute atomic E-state index is 12.5. The summed E-state index contributed by atoms with van der Waals surface area (Å²) in [4.78, 5) is 23.9. The molecule has 0 unspecified atom stereocenters. The molecule has 0 saturated heterocycles. The van der Waals surface area contributed by atoms with E-state index in [-0.39, 0.29) is 11.3 Å². The molecule has 0 aliphatic rings. The van der Waals surface area contributed by atoms with Gasteiger partial charge in [0.05, 0.1) is 11.8 Å². The standard InChI is InChI=1S/C25H16N2O5/c28-24(23-13-20-17-6-2-1-5-15(17)9-11-22(20)32-23)27-26-14-16-10-12-21(31-16)18-7-3-4-8-19(18)25(29)30/h1-14H,(H,27,28)(H,29,30). The number of carboxylic acids is 1. The number of carbonyl (C=O) groups excluding carboxylic acids is 1. The number of carboxylic acid groups (broad SMARTS) is 1. The van der Waals surface area contributed by atoms with Gasteiger partial charge >= 0.3 is 11.9 Å². The highest BCUT2D eigenvalue weighted by molar-refractivity contribution is 6.08. The van der Waals surface area contributed by atoms with Crippen LogP contribution >= 0.6 is 0 Å². The SMILES string of the molecule is O=C(NN=Cc1ccc(-c2ccccc2C(=O)O)o1)c1cc2c(ccc3ccccc32)o1. The Morgan fingerprint density at radius 1 is 0.875 bits per heavy atom. The van der Waals surface area contributed by atoms with Crippen LogP contribution in [-0.2, 0) is 0 Å². The van der Waals surface area contributed by atoms with Crippen LogP contribution in [0.25, 0.3) is 33.1 Å². The highest BCUT2D eigenvalue weighted by Crippen LogP contribution is 2.28. The van der Waals surface area contributed by atoms with Gasteiger partial charge in [0.25, 0.3) is 0 Å². The minimum absolute atomic E-state index is 0.135. The number of hydrazone groups is 1. The Morgan fingerprint density at radius 2 is 1.69 bits per heavy atom. The molecule has 5 rings (SSSR count). The molecule has 0 bridgehead atoms. The summed E-state index contributed by atoms with van der Waals surface area (Å²) < 4.78 is 11.3. The first-order chi connectivity index (χ1) is 15.6. The normalized spacial score (nSPS) is 11.4. The van der Waals surface area contributed by atoms with Crippen LogP contribution in [0.2, 0.25) is 0 Å². The average molecular weight is 424 g/mol. The van der Waals surface area contributed by atoms with Crippen molar-refractivity contribution in [3.05, 3.63) is 95.9 Å². The molecule has 7 nitrogen and oxygen atoms in total. The minimum Gasteiger partial charge on any atom is -0.478 e. The summed E-state index contributed by atoms with van der Waals surface area (Å²) in [5.41, 5.74) is 3.63. The first-order valence-electron chi connectivity index (χ1n) is 9.77. The number of rotatable bonds is 5. The molecular weight excluding hydrogens is 408 g/mol. The lowest BCUT2D eigenvalue weighted by molar-refractivity contribution is 0.0697.